The summed E-state index contributed by atoms with van der Waals surface area (Å²) >= 11 is 0. The lowest BCUT2D eigenvalue weighted by Crippen LogP contribution is -2.52. The molecule has 0 saturated heterocycles. The largest absolute Gasteiger partial charge is 0.359 e. The van der Waals surface area contributed by atoms with Gasteiger partial charge in [-0.1, -0.05) is 12.2 Å². The molecule has 0 aromatic heterocycles. The monoisotopic (exact) mass is 197 g/mol. The molecule has 3 heteroatoms. The van der Waals surface area contributed by atoms with Gasteiger partial charge in [-0.2, -0.15) is 0 Å². The lowest BCUT2D eigenvalue weighted by molar-refractivity contribution is -0.0658. The highest BCUT2D eigenvalue weighted by Crippen LogP contribution is 2.51. The van der Waals surface area contributed by atoms with Gasteiger partial charge in [0.2, 0.25) is 0 Å². The van der Waals surface area contributed by atoms with Crippen LogP contribution < -0.4 is 5.73 Å². The fourth-order valence-corrected chi connectivity index (χ4v) is 2.76. The summed E-state index contributed by atoms with van der Waals surface area (Å²) in [6.07, 6.45) is 2.36. The molecule has 0 aromatic carbocycles. The van der Waals surface area contributed by atoms with Gasteiger partial charge in [0, 0.05) is 19.1 Å². The van der Waals surface area contributed by atoms with E-state index in [0.717, 1.165) is 6.42 Å². The summed E-state index contributed by atoms with van der Waals surface area (Å²) in [7, 11) is 1.64. The van der Waals surface area contributed by atoms with Crippen molar-refractivity contribution >= 4 is 0 Å². The van der Waals surface area contributed by atoms with Crippen molar-refractivity contribution in [2.24, 2.45) is 23.5 Å². The third kappa shape index (κ3) is 1.60. The Morgan fingerprint density at radius 3 is 2.93 bits per heavy atom. The second-order valence-corrected chi connectivity index (χ2v) is 4.45. The molecule has 0 amide bonds. The third-order valence-corrected chi connectivity index (χ3v) is 3.67. The molecule has 0 aliphatic heterocycles. The Labute approximate surface area is 85.3 Å². The Kier molecular flexibility index (Phi) is 2.91. The predicted molar refractivity (Wildman–Crippen MR) is 54.6 cm³/mol. The molecule has 80 valence electrons. The summed E-state index contributed by atoms with van der Waals surface area (Å²) in [5.41, 5.74) is 7.48. The van der Waals surface area contributed by atoms with E-state index in [9.17, 15) is 0 Å². The Balaban J connectivity index is 1.86. The molecule has 0 aromatic rings. The van der Waals surface area contributed by atoms with E-state index >= 15 is 0 Å². The van der Waals surface area contributed by atoms with Gasteiger partial charge in [-0.05, 0) is 24.7 Å². The summed E-state index contributed by atoms with van der Waals surface area (Å²) in [5.74, 6) is 1.77. The number of nitrogens with two attached hydrogens (primary N) is 1. The first-order chi connectivity index (χ1) is 6.74. The molecule has 3 saturated carbocycles. The Bertz CT molecular complexity index is 229. The number of hydrogen-bond donors (Lipinski definition) is 1. The van der Waals surface area contributed by atoms with Gasteiger partial charge in [0.25, 0.3) is 0 Å². The van der Waals surface area contributed by atoms with Crippen LogP contribution in [0.1, 0.15) is 12.8 Å². The van der Waals surface area contributed by atoms with Crippen molar-refractivity contribution in [3.8, 4) is 0 Å². The van der Waals surface area contributed by atoms with Crippen LogP contribution >= 0.6 is 0 Å². The zero-order valence-electron chi connectivity index (χ0n) is 8.74. The highest BCUT2D eigenvalue weighted by Gasteiger charge is 2.47. The lowest BCUT2D eigenvalue weighted by Gasteiger charge is -2.51. The van der Waals surface area contributed by atoms with Crippen molar-refractivity contribution in [1.29, 1.82) is 0 Å². The maximum Gasteiger partial charge on any atom is 0.146 e. The average molecular weight is 197 g/mol. The van der Waals surface area contributed by atoms with Crippen LogP contribution in [0.5, 0.6) is 0 Å². The quantitative estimate of drug-likeness (QED) is 0.417. The molecule has 0 unspecified atom stereocenters. The van der Waals surface area contributed by atoms with Gasteiger partial charge >= 0.3 is 0 Å². The molecule has 3 aliphatic rings. The molecule has 0 heterocycles. The van der Waals surface area contributed by atoms with Gasteiger partial charge in [0.15, 0.2) is 0 Å². The molecular weight excluding hydrogens is 178 g/mol. The molecular formula is C11H19NO2. The molecule has 3 aliphatic carbocycles. The fourth-order valence-electron chi connectivity index (χ4n) is 2.76. The van der Waals surface area contributed by atoms with Crippen LogP contribution in [0.25, 0.3) is 0 Å². The minimum absolute atomic E-state index is 0.293. The summed E-state index contributed by atoms with van der Waals surface area (Å²) in [4.78, 5) is 0. The standard InChI is InChI=1S/C11H19NO2/c1-7-8-3-9(7)10(11(12)4-8)5-14-6-13-2/h8-11H,1,3-6,12H2,2H3/t8-,9-,10+,11+/m0/s1. The lowest BCUT2D eigenvalue weighted by atomic mass is 9.55. The Morgan fingerprint density at radius 1 is 1.50 bits per heavy atom. The van der Waals surface area contributed by atoms with Crippen LogP contribution in [-0.4, -0.2) is 26.6 Å². The average Bonchev–Trinajstić information content (AvgIpc) is 2.19. The minimum Gasteiger partial charge on any atom is -0.359 e. The second kappa shape index (κ2) is 4.01. The Morgan fingerprint density at radius 2 is 2.29 bits per heavy atom. The smallest absolute Gasteiger partial charge is 0.146 e. The molecule has 0 spiro atoms. The van der Waals surface area contributed by atoms with Crippen molar-refractivity contribution in [2.45, 2.75) is 18.9 Å². The van der Waals surface area contributed by atoms with Gasteiger partial charge in [0.05, 0.1) is 6.61 Å². The van der Waals surface area contributed by atoms with Gasteiger partial charge in [-0.25, -0.2) is 0 Å². The van der Waals surface area contributed by atoms with E-state index in [0.29, 0.717) is 37.2 Å². The van der Waals surface area contributed by atoms with Crippen LogP contribution in [0.15, 0.2) is 12.2 Å². The topological polar surface area (TPSA) is 44.5 Å². The van der Waals surface area contributed by atoms with Crippen LogP contribution in [0, 0.1) is 17.8 Å². The molecule has 2 N–H and O–H groups in total. The molecule has 3 fully saturated rings. The van der Waals surface area contributed by atoms with Crippen molar-refractivity contribution in [3.05, 3.63) is 12.2 Å². The Hall–Kier alpha value is -0.380. The van der Waals surface area contributed by atoms with Gasteiger partial charge in [-0.3, -0.25) is 0 Å². The summed E-state index contributed by atoms with van der Waals surface area (Å²) in [6, 6.07) is 0.293. The second-order valence-electron chi connectivity index (χ2n) is 4.45. The SMILES string of the molecule is C=C1[C@@H]2C[C@@H](N)[C@H](COCOC)[C@H]1C2. The van der Waals surface area contributed by atoms with E-state index in [2.05, 4.69) is 6.58 Å². The molecule has 2 bridgehead atoms. The molecule has 4 atom stereocenters. The fraction of sp³-hybridized carbons (Fsp3) is 0.818. The first kappa shape index (κ1) is 10.1. The van der Waals surface area contributed by atoms with E-state index < -0.39 is 0 Å². The maximum atomic E-state index is 6.08. The van der Waals surface area contributed by atoms with Crippen LogP contribution in [0.2, 0.25) is 0 Å². The molecule has 3 nitrogen and oxygen atoms in total. The first-order valence-electron chi connectivity index (χ1n) is 5.25. The number of allylic oxidation sites excluding steroid dienone is 1. The number of ether oxygens (including phenoxy) is 2. The highest BCUT2D eigenvalue weighted by atomic mass is 16.7. The van der Waals surface area contributed by atoms with Gasteiger partial charge in [0.1, 0.15) is 6.79 Å². The number of methoxy groups -OCH3 is 1. The van der Waals surface area contributed by atoms with Gasteiger partial charge < -0.3 is 15.2 Å². The predicted octanol–water partition coefficient (Wildman–Crippen LogP) is 1.15. The van der Waals surface area contributed by atoms with E-state index in [4.69, 9.17) is 15.2 Å². The maximum absolute atomic E-state index is 6.08. The number of hydrogen-bond acceptors (Lipinski definition) is 3. The molecule has 3 rings (SSSR count). The van der Waals surface area contributed by atoms with E-state index in [1.165, 1.54) is 12.0 Å². The summed E-state index contributed by atoms with van der Waals surface area (Å²) < 4.78 is 10.3. The van der Waals surface area contributed by atoms with Crippen molar-refractivity contribution in [1.82, 2.24) is 0 Å². The summed E-state index contributed by atoms with van der Waals surface area (Å²) in [6.45, 7) is 5.20. The number of fused-ring (bicyclic) bond motifs is 2. The third-order valence-electron chi connectivity index (χ3n) is 3.67. The normalized spacial score (nSPS) is 40.9. The van der Waals surface area contributed by atoms with E-state index in [1.807, 2.05) is 0 Å². The molecule has 0 radical (unpaired) electrons. The number of rotatable bonds is 4. The van der Waals surface area contributed by atoms with Crippen molar-refractivity contribution < 1.29 is 9.47 Å². The van der Waals surface area contributed by atoms with Crippen LogP contribution in [-0.2, 0) is 9.47 Å². The van der Waals surface area contributed by atoms with E-state index in [-0.39, 0.29) is 0 Å². The zero-order chi connectivity index (χ0) is 10.1. The minimum atomic E-state index is 0.293. The van der Waals surface area contributed by atoms with Crippen molar-refractivity contribution in [2.75, 3.05) is 20.5 Å². The highest BCUT2D eigenvalue weighted by molar-refractivity contribution is 5.22. The zero-order valence-corrected chi connectivity index (χ0v) is 8.74. The van der Waals surface area contributed by atoms with E-state index in [1.54, 1.807) is 7.11 Å². The van der Waals surface area contributed by atoms with Crippen LogP contribution in [0.4, 0.5) is 0 Å². The van der Waals surface area contributed by atoms with Gasteiger partial charge in [-0.15, -0.1) is 0 Å². The first-order valence-corrected chi connectivity index (χ1v) is 5.25. The van der Waals surface area contributed by atoms with Crippen molar-refractivity contribution in [3.63, 3.8) is 0 Å². The van der Waals surface area contributed by atoms with Crippen LogP contribution in [0.3, 0.4) is 0 Å². The summed E-state index contributed by atoms with van der Waals surface area (Å²) in [5, 5.41) is 0. The molecule has 14 heavy (non-hydrogen) atoms.